The Balaban J connectivity index is 2.84. The number of rotatable bonds is 8. The zero-order chi connectivity index (χ0) is 17.7. The van der Waals surface area contributed by atoms with E-state index in [0.717, 1.165) is 26.0 Å². The van der Waals surface area contributed by atoms with Gasteiger partial charge in [0.15, 0.2) is 8.32 Å². The zero-order valence-corrected chi connectivity index (χ0v) is 17.6. The smallest absolute Gasteiger partial charge is 0.184 e. The third-order valence-corrected chi connectivity index (χ3v) is 5.26. The fourth-order valence-corrected chi connectivity index (χ4v) is 4.21. The molecule has 0 radical (unpaired) electrons. The van der Waals surface area contributed by atoms with E-state index in [1.165, 1.54) is 18.6 Å². The Labute approximate surface area is 144 Å². The second-order valence-electron chi connectivity index (χ2n) is 8.72. The van der Waals surface area contributed by atoms with Crippen molar-refractivity contribution in [1.29, 1.82) is 0 Å². The highest BCUT2D eigenvalue weighted by Crippen LogP contribution is 2.29. The third-order valence-electron chi connectivity index (χ3n) is 4.27. The Morgan fingerprint density at radius 3 is 2.43 bits per heavy atom. The van der Waals surface area contributed by atoms with Crippen LogP contribution in [-0.2, 0) is 9.16 Å². The van der Waals surface area contributed by atoms with Gasteiger partial charge in [0.05, 0.1) is 18.8 Å². The quantitative estimate of drug-likeness (QED) is 0.480. The number of hydrogen-bond donors (Lipinski definition) is 0. The van der Waals surface area contributed by atoms with Gasteiger partial charge in [0.25, 0.3) is 0 Å². The largest absolute Gasteiger partial charge is 0.414 e. The van der Waals surface area contributed by atoms with Gasteiger partial charge in [-0.3, -0.25) is 5.01 Å². The molecule has 1 heterocycles. The van der Waals surface area contributed by atoms with Crippen molar-refractivity contribution in [2.24, 2.45) is 10.5 Å². The van der Waals surface area contributed by atoms with Crippen LogP contribution in [0.2, 0.25) is 19.6 Å². The molecule has 2 atom stereocenters. The van der Waals surface area contributed by atoms with Gasteiger partial charge in [-0.2, -0.15) is 5.10 Å². The van der Waals surface area contributed by atoms with Crippen molar-refractivity contribution < 1.29 is 9.16 Å². The second kappa shape index (κ2) is 8.63. The number of hydrogen-bond acceptors (Lipinski definition) is 4. The summed E-state index contributed by atoms with van der Waals surface area (Å²) in [6.07, 6.45) is 4.54. The summed E-state index contributed by atoms with van der Waals surface area (Å²) in [5.41, 5.74) is 1.39. The lowest BCUT2D eigenvalue weighted by Gasteiger charge is -2.36. The van der Waals surface area contributed by atoms with Crippen LogP contribution in [0.4, 0.5) is 0 Å². The molecule has 0 amide bonds. The number of hydrazone groups is 1. The second-order valence-corrected chi connectivity index (χ2v) is 13.2. The molecule has 1 fully saturated rings. The third kappa shape index (κ3) is 7.35. The molecule has 0 N–H and O–H groups in total. The highest BCUT2D eigenvalue weighted by atomic mass is 28.4. The molecule has 0 aromatic heterocycles. The summed E-state index contributed by atoms with van der Waals surface area (Å²) in [4.78, 5) is 0. The van der Waals surface area contributed by atoms with Crippen molar-refractivity contribution in [2.45, 2.75) is 85.2 Å². The first-order valence-electron chi connectivity index (χ1n) is 9.06. The van der Waals surface area contributed by atoms with Gasteiger partial charge in [-0.25, -0.2) is 0 Å². The van der Waals surface area contributed by atoms with Crippen molar-refractivity contribution in [2.75, 3.05) is 20.3 Å². The van der Waals surface area contributed by atoms with Crippen LogP contribution >= 0.6 is 0 Å². The van der Waals surface area contributed by atoms with Crippen molar-refractivity contribution in [3.05, 3.63) is 0 Å². The van der Waals surface area contributed by atoms with E-state index in [1.54, 1.807) is 7.11 Å². The molecule has 1 rings (SSSR count). The van der Waals surface area contributed by atoms with E-state index in [0.29, 0.717) is 6.04 Å². The van der Waals surface area contributed by atoms with E-state index < -0.39 is 8.32 Å². The summed E-state index contributed by atoms with van der Waals surface area (Å²) in [6.45, 7) is 17.6. The van der Waals surface area contributed by atoms with Crippen molar-refractivity contribution >= 4 is 14.0 Å². The first-order valence-corrected chi connectivity index (χ1v) is 12.5. The minimum Gasteiger partial charge on any atom is -0.414 e. The van der Waals surface area contributed by atoms with E-state index in [4.69, 9.17) is 14.3 Å². The lowest BCUT2D eigenvalue weighted by atomic mass is 9.86. The van der Waals surface area contributed by atoms with E-state index in [9.17, 15) is 0 Å². The molecule has 1 aliphatic heterocycles. The topological polar surface area (TPSA) is 34.1 Å². The average Bonchev–Trinajstić information content (AvgIpc) is 2.82. The van der Waals surface area contributed by atoms with Crippen LogP contribution in [0.1, 0.15) is 53.4 Å². The van der Waals surface area contributed by atoms with Crippen molar-refractivity contribution in [3.8, 4) is 0 Å². The molecule has 0 aliphatic carbocycles. The Kier molecular flexibility index (Phi) is 7.75. The number of ether oxygens (including phenoxy) is 1. The van der Waals surface area contributed by atoms with Crippen LogP contribution in [0, 0.1) is 5.41 Å². The SMILES string of the molecule is CC/C(CC(O[Si](C)(C)C)C(C)(C)C)=N\N1CCC[C@H]1COC. The highest BCUT2D eigenvalue weighted by molar-refractivity contribution is 6.69. The monoisotopic (exact) mass is 342 g/mol. The molecule has 23 heavy (non-hydrogen) atoms. The summed E-state index contributed by atoms with van der Waals surface area (Å²) >= 11 is 0. The molecule has 0 saturated carbocycles. The number of methoxy groups -OCH3 is 1. The lowest BCUT2D eigenvalue weighted by molar-refractivity contribution is 0.0845. The minimum absolute atomic E-state index is 0.132. The standard InChI is InChI=1S/C18H38N2O2Si/c1-9-15(19-20-12-10-11-16(20)14-21-5)13-17(18(2,3)4)22-23(6,7)8/h16-17H,9-14H2,1-8H3/b19-15+/t16-,17?/m0/s1. The van der Waals surface area contributed by atoms with Crippen LogP contribution in [0.25, 0.3) is 0 Å². The molecular formula is C18H38N2O2Si. The molecule has 1 saturated heterocycles. The molecule has 4 nitrogen and oxygen atoms in total. The summed E-state index contributed by atoms with van der Waals surface area (Å²) in [7, 11) is 0.207. The van der Waals surface area contributed by atoms with Crippen molar-refractivity contribution in [1.82, 2.24) is 5.01 Å². The number of nitrogens with zero attached hydrogens (tertiary/aromatic N) is 2. The van der Waals surface area contributed by atoms with Gasteiger partial charge in [-0.15, -0.1) is 0 Å². The molecule has 0 bridgehead atoms. The molecule has 0 spiro atoms. The Bertz CT molecular complexity index is 385. The maximum atomic E-state index is 6.49. The Hall–Kier alpha value is -0.393. The predicted octanol–water partition coefficient (Wildman–Crippen LogP) is 4.52. The summed E-state index contributed by atoms with van der Waals surface area (Å²) in [5.74, 6) is 0. The van der Waals surface area contributed by atoms with Crippen molar-refractivity contribution in [3.63, 3.8) is 0 Å². The summed E-state index contributed by atoms with van der Waals surface area (Å²) < 4.78 is 11.8. The van der Waals surface area contributed by atoms with Gasteiger partial charge in [-0.05, 0) is 44.3 Å². The molecule has 0 aromatic rings. The van der Waals surface area contributed by atoms with Gasteiger partial charge >= 0.3 is 0 Å². The van der Waals surface area contributed by atoms with Gasteiger partial charge in [0.1, 0.15) is 0 Å². The van der Waals surface area contributed by atoms with Crippen LogP contribution in [0.3, 0.4) is 0 Å². The average molecular weight is 343 g/mol. The summed E-state index contributed by atoms with van der Waals surface area (Å²) in [6, 6.07) is 0.438. The van der Waals surface area contributed by atoms with Gasteiger partial charge < -0.3 is 9.16 Å². The molecule has 5 heteroatoms. The predicted molar refractivity (Wildman–Crippen MR) is 102 cm³/mol. The maximum Gasteiger partial charge on any atom is 0.184 e. The molecule has 136 valence electrons. The van der Waals surface area contributed by atoms with Gasteiger partial charge in [0.2, 0.25) is 0 Å². The van der Waals surface area contributed by atoms with Crippen LogP contribution in [-0.4, -0.2) is 51.4 Å². The fraction of sp³-hybridized carbons (Fsp3) is 0.944. The van der Waals surface area contributed by atoms with Crippen LogP contribution < -0.4 is 0 Å². The molecule has 1 aliphatic rings. The minimum atomic E-state index is -1.57. The Morgan fingerprint density at radius 1 is 1.30 bits per heavy atom. The normalized spacial score (nSPS) is 21.8. The first-order chi connectivity index (χ1) is 10.6. The molecular weight excluding hydrogens is 304 g/mol. The zero-order valence-electron chi connectivity index (χ0n) is 16.6. The fourth-order valence-electron chi connectivity index (χ4n) is 2.92. The van der Waals surface area contributed by atoms with Gasteiger partial charge in [-0.1, -0.05) is 27.7 Å². The summed E-state index contributed by atoms with van der Waals surface area (Å²) in [5, 5.41) is 7.23. The van der Waals surface area contributed by atoms with E-state index in [1.807, 2.05) is 0 Å². The van der Waals surface area contributed by atoms with Crippen LogP contribution in [0.15, 0.2) is 5.10 Å². The maximum absolute atomic E-state index is 6.49. The van der Waals surface area contributed by atoms with E-state index >= 15 is 0 Å². The van der Waals surface area contributed by atoms with E-state index in [-0.39, 0.29) is 11.5 Å². The lowest BCUT2D eigenvalue weighted by Crippen LogP contribution is -2.41. The van der Waals surface area contributed by atoms with Gasteiger partial charge in [0, 0.05) is 25.8 Å². The Morgan fingerprint density at radius 2 is 1.96 bits per heavy atom. The first kappa shape index (κ1) is 20.7. The molecule has 0 aromatic carbocycles. The van der Waals surface area contributed by atoms with E-state index in [2.05, 4.69) is 52.3 Å². The molecule has 1 unspecified atom stereocenters. The van der Waals surface area contributed by atoms with Crippen LogP contribution in [0.5, 0.6) is 0 Å². The highest BCUT2D eigenvalue weighted by Gasteiger charge is 2.32.